The van der Waals surface area contributed by atoms with Crippen LogP contribution in [0.25, 0.3) is 0 Å². The highest BCUT2D eigenvalue weighted by Gasteiger charge is 2.35. The second kappa shape index (κ2) is 5.81. The Bertz CT molecular complexity index is 433. The molecule has 0 unspecified atom stereocenters. The quantitative estimate of drug-likeness (QED) is 0.702. The molecule has 7 heteroatoms. The van der Waals surface area contributed by atoms with Crippen LogP contribution in [0.1, 0.15) is 32.1 Å². The predicted octanol–water partition coefficient (Wildman–Crippen LogP) is -0.194. The second-order valence-corrected chi connectivity index (χ2v) is 4.63. The Balaban J connectivity index is 2.11. The highest BCUT2D eigenvalue weighted by atomic mass is 16.5. The molecule has 0 spiro atoms. The molecule has 7 nitrogen and oxygen atoms in total. The minimum Gasteiger partial charge on any atom is -0.467 e. The van der Waals surface area contributed by atoms with Crippen molar-refractivity contribution in [2.75, 3.05) is 13.7 Å². The first-order valence-corrected chi connectivity index (χ1v) is 6.37. The van der Waals surface area contributed by atoms with Crippen molar-refractivity contribution in [3.8, 4) is 0 Å². The van der Waals surface area contributed by atoms with Crippen molar-refractivity contribution in [1.82, 2.24) is 10.3 Å². The Kier molecular flexibility index (Phi) is 4.13. The summed E-state index contributed by atoms with van der Waals surface area (Å²) >= 11 is 0. The number of piperidine rings is 1. The first-order chi connectivity index (χ1) is 9.13. The monoisotopic (exact) mass is 267 g/mol. The number of carbonyl (C=O) groups excluding carboxylic acids is 3. The van der Waals surface area contributed by atoms with Gasteiger partial charge in [0.25, 0.3) is 5.91 Å². The van der Waals surface area contributed by atoms with Crippen molar-refractivity contribution in [2.24, 2.45) is 5.10 Å². The van der Waals surface area contributed by atoms with Gasteiger partial charge in [-0.25, -0.2) is 10.2 Å². The van der Waals surface area contributed by atoms with Crippen LogP contribution in [0.4, 0.5) is 0 Å². The van der Waals surface area contributed by atoms with Crippen molar-refractivity contribution in [2.45, 2.75) is 38.1 Å². The summed E-state index contributed by atoms with van der Waals surface area (Å²) in [5.74, 6) is -0.872. The fourth-order valence-electron chi connectivity index (χ4n) is 2.35. The van der Waals surface area contributed by atoms with Crippen molar-refractivity contribution >= 4 is 23.5 Å². The molecule has 104 valence electrons. The Morgan fingerprint density at radius 1 is 1.37 bits per heavy atom. The SMILES string of the molecule is COC(=O)[C@H]1CCCCN1C(=O)C1=NNC(=O)CC1. The molecule has 0 bridgehead atoms. The number of ether oxygens (including phenoxy) is 1. The number of amides is 2. The summed E-state index contributed by atoms with van der Waals surface area (Å²) in [6.07, 6.45) is 2.93. The molecule has 2 aliphatic rings. The molecule has 1 N–H and O–H groups in total. The lowest BCUT2D eigenvalue weighted by Gasteiger charge is -2.34. The van der Waals surface area contributed by atoms with Crippen LogP contribution in [-0.2, 0) is 19.1 Å². The third kappa shape index (κ3) is 2.91. The lowest BCUT2D eigenvalue weighted by molar-refractivity contribution is -0.152. The van der Waals surface area contributed by atoms with E-state index >= 15 is 0 Å². The zero-order chi connectivity index (χ0) is 13.8. The molecule has 1 fully saturated rings. The van der Waals surface area contributed by atoms with Gasteiger partial charge < -0.3 is 9.64 Å². The molecule has 0 radical (unpaired) electrons. The average molecular weight is 267 g/mol. The van der Waals surface area contributed by atoms with E-state index in [0.717, 1.165) is 12.8 Å². The van der Waals surface area contributed by atoms with E-state index in [0.29, 0.717) is 25.1 Å². The third-order valence-corrected chi connectivity index (χ3v) is 3.39. The van der Waals surface area contributed by atoms with Crippen LogP contribution in [0.3, 0.4) is 0 Å². The molecular formula is C12H17N3O4. The smallest absolute Gasteiger partial charge is 0.328 e. The van der Waals surface area contributed by atoms with Crippen molar-refractivity contribution in [3.63, 3.8) is 0 Å². The molecule has 2 rings (SSSR count). The average Bonchev–Trinajstić information content (AvgIpc) is 2.46. The first kappa shape index (κ1) is 13.5. The molecule has 0 aromatic carbocycles. The van der Waals surface area contributed by atoms with Crippen molar-refractivity contribution < 1.29 is 19.1 Å². The van der Waals surface area contributed by atoms with E-state index in [2.05, 4.69) is 10.5 Å². The molecule has 0 aliphatic carbocycles. The van der Waals surface area contributed by atoms with Gasteiger partial charge in [-0.15, -0.1) is 0 Å². The fourth-order valence-corrected chi connectivity index (χ4v) is 2.35. The fraction of sp³-hybridized carbons (Fsp3) is 0.667. The molecule has 19 heavy (non-hydrogen) atoms. The summed E-state index contributed by atoms with van der Waals surface area (Å²) in [7, 11) is 1.32. The van der Waals surface area contributed by atoms with E-state index in [4.69, 9.17) is 4.74 Å². The van der Waals surface area contributed by atoms with Gasteiger partial charge in [0, 0.05) is 19.4 Å². The number of hydrazone groups is 1. The van der Waals surface area contributed by atoms with Gasteiger partial charge in [0.2, 0.25) is 5.91 Å². The van der Waals surface area contributed by atoms with Crippen LogP contribution in [-0.4, -0.2) is 48.1 Å². The number of likely N-dealkylation sites (tertiary alicyclic amines) is 1. The summed E-state index contributed by atoms with van der Waals surface area (Å²) < 4.78 is 4.73. The molecule has 0 aromatic rings. The summed E-state index contributed by atoms with van der Waals surface area (Å²) in [4.78, 5) is 36.5. The molecule has 0 saturated carbocycles. The largest absolute Gasteiger partial charge is 0.467 e. The summed E-state index contributed by atoms with van der Waals surface area (Å²) in [5.41, 5.74) is 2.60. The summed E-state index contributed by atoms with van der Waals surface area (Å²) in [5, 5.41) is 3.78. The molecule has 2 amide bonds. The number of carbonyl (C=O) groups is 3. The molecule has 1 atom stereocenters. The number of rotatable bonds is 2. The Morgan fingerprint density at radius 3 is 2.79 bits per heavy atom. The lowest BCUT2D eigenvalue weighted by Crippen LogP contribution is -2.51. The number of nitrogens with one attached hydrogen (secondary N) is 1. The number of nitrogens with zero attached hydrogens (tertiary/aromatic N) is 2. The van der Waals surface area contributed by atoms with Crippen LogP contribution in [0.15, 0.2) is 5.10 Å². The number of methoxy groups -OCH3 is 1. The van der Waals surface area contributed by atoms with E-state index in [9.17, 15) is 14.4 Å². The number of hydrogen-bond acceptors (Lipinski definition) is 5. The van der Waals surface area contributed by atoms with Gasteiger partial charge in [0.1, 0.15) is 11.8 Å². The van der Waals surface area contributed by atoms with Gasteiger partial charge in [0.05, 0.1) is 7.11 Å². The first-order valence-electron chi connectivity index (χ1n) is 6.37. The van der Waals surface area contributed by atoms with Gasteiger partial charge in [0.15, 0.2) is 0 Å². The van der Waals surface area contributed by atoms with Gasteiger partial charge in [-0.2, -0.15) is 5.10 Å². The van der Waals surface area contributed by atoms with Gasteiger partial charge >= 0.3 is 5.97 Å². The van der Waals surface area contributed by atoms with Crippen LogP contribution in [0.2, 0.25) is 0 Å². The van der Waals surface area contributed by atoms with Crippen LogP contribution < -0.4 is 5.43 Å². The zero-order valence-corrected chi connectivity index (χ0v) is 10.8. The maximum Gasteiger partial charge on any atom is 0.328 e. The minimum absolute atomic E-state index is 0.195. The molecular weight excluding hydrogens is 250 g/mol. The van der Waals surface area contributed by atoms with Gasteiger partial charge in [-0.3, -0.25) is 9.59 Å². The van der Waals surface area contributed by atoms with Crippen molar-refractivity contribution in [3.05, 3.63) is 0 Å². The maximum atomic E-state index is 12.3. The minimum atomic E-state index is -0.536. The number of esters is 1. The van der Waals surface area contributed by atoms with E-state index in [1.165, 1.54) is 12.0 Å². The van der Waals surface area contributed by atoms with Gasteiger partial charge in [-0.05, 0) is 19.3 Å². The Hall–Kier alpha value is -1.92. The molecule has 2 heterocycles. The molecule has 2 aliphatic heterocycles. The third-order valence-electron chi connectivity index (χ3n) is 3.39. The topological polar surface area (TPSA) is 88.1 Å². The second-order valence-electron chi connectivity index (χ2n) is 4.63. The maximum absolute atomic E-state index is 12.3. The summed E-state index contributed by atoms with van der Waals surface area (Å²) in [6.45, 7) is 0.519. The van der Waals surface area contributed by atoms with Crippen LogP contribution >= 0.6 is 0 Å². The zero-order valence-electron chi connectivity index (χ0n) is 10.8. The van der Waals surface area contributed by atoms with E-state index in [1.54, 1.807) is 0 Å². The van der Waals surface area contributed by atoms with E-state index in [-0.39, 0.29) is 18.2 Å². The number of hydrogen-bond donors (Lipinski definition) is 1. The highest BCUT2D eigenvalue weighted by molar-refractivity contribution is 6.39. The van der Waals surface area contributed by atoms with Crippen LogP contribution in [0.5, 0.6) is 0 Å². The standard InChI is InChI=1S/C12H17N3O4/c1-19-12(18)9-4-2-3-7-15(9)11(17)8-5-6-10(16)14-13-8/h9H,2-7H2,1H3,(H,14,16)/t9-/m1/s1. The molecule has 1 saturated heterocycles. The Morgan fingerprint density at radius 2 is 2.16 bits per heavy atom. The predicted molar refractivity (Wildman–Crippen MR) is 66.2 cm³/mol. The summed E-state index contributed by atoms with van der Waals surface area (Å²) in [6, 6.07) is -0.536. The van der Waals surface area contributed by atoms with Crippen molar-refractivity contribution in [1.29, 1.82) is 0 Å². The highest BCUT2D eigenvalue weighted by Crippen LogP contribution is 2.19. The van der Waals surface area contributed by atoms with Crippen LogP contribution in [0, 0.1) is 0 Å². The normalized spacial score (nSPS) is 23.4. The lowest BCUT2D eigenvalue weighted by atomic mass is 10.0. The van der Waals surface area contributed by atoms with E-state index in [1.807, 2.05) is 0 Å². The van der Waals surface area contributed by atoms with Gasteiger partial charge in [-0.1, -0.05) is 0 Å². The Labute approximate surface area is 111 Å². The molecule has 0 aromatic heterocycles. The van der Waals surface area contributed by atoms with E-state index < -0.39 is 12.0 Å².